The van der Waals surface area contributed by atoms with E-state index in [9.17, 15) is 0 Å². The summed E-state index contributed by atoms with van der Waals surface area (Å²) in [4.78, 5) is 2.93. The summed E-state index contributed by atoms with van der Waals surface area (Å²) in [6.07, 6.45) is 2.22. The smallest absolute Gasteiger partial charge is 0.0406 e. The molecule has 19 heavy (non-hydrogen) atoms. The van der Waals surface area contributed by atoms with Gasteiger partial charge in [0, 0.05) is 27.2 Å². The normalized spacial score (nSPS) is 12.6. The van der Waals surface area contributed by atoms with E-state index in [4.69, 9.17) is 11.6 Å². The van der Waals surface area contributed by atoms with E-state index in [1.807, 2.05) is 30.5 Å². The monoisotopic (exact) mass is 293 g/mol. The van der Waals surface area contributed by atoms with Crippen molar-refractivity contribution < 1.29 is 0 Å². The zero-order valence-electron chi connectivity index (χ0n) is 11.4. The van der Waals surface area contributed by atoms with Gasteiger partial charge in [-0.25, -0.2) is 0 Å². The van der Waals surface area contributed by atoms with Crippen molar-refractivity contribution in [2.24, 2.45) is 0 Å². The van der Waals surface area contributed by atoms with Crippen LogP contribution in [0.2, 0.25) is 5.02 Å². The Kier molecular flexibility index (Phi) is 5.44. The third kappa shape index (κ3) is 4.07. The fourth-order valence-electron chi connectivity index (χ4n) is 2.25. The first-order valence-corrected chi connectivity index (χ1v) is 7.90. The molecule has 1 aromatic carbocycles. The molecule has 0 aliphatic carbocycles. The van der Waals surface area contributed by atoms with Crippen molar-refractivity contribution in [1.82, 2.24) is 5.32 Å². The molecular formula is C16H20ClNS. The van der Waals surface area contributed by atoms with Gasteiger partial charge in [-0.2, -0.15) is 0 Å². The highest BCUT2D eigenvalue weighted by atomic mass is 35.5. The third-order valence-corrected chi connectivity index (χ3v) is 4.81. The predicted molar refractivity (Wildman–Crippen MR) is 85.5 cm³/mol. The summed E-state index contributed by atoms with van der Waals surface area (Å²) in [5.41, 5.74) is 1.35. The summed E-state index contributed by atoms with van der Waals surface area (Å²) in [5.74, 6) is 0.505. The molecule has 1 atom stereocenters. The van der Waals surface area contributed by atoms with Gasteiger partial charge in [0.05, 0.1) is 0 Å². The van der Waals surface area contributed by atoms with Gasteiger partial charge in [-0.05, 0) is 49.7 Å². The predicted octanol–water partition coefficient (Wildman–Crippen LogP) is 4.51. The Morgan fingerprint density at radius 2 is 1.79 bits per heavy atom. The molecule has 3 heteroatoms. The Balaban J connectivity index is 2.13. The number of halogens is 1. The topological polar surface area (TPSA) is 12.0 Å². The number of nitrogens with one attached hydrogen (secondary N) is 1. The number of thiophene rings is 1. The van der Waals surface area contributed by atoms with Crippen LogP contribution in [0.1, 0.15) is 28.2 Å². The van der Waals surface area contributed by atoms with Gasteiger partial charge in [-0.1, -0.05) is 30.7 Å². The molecule has 0 saturated heterocycles. The highest BCUT2D eigenvalue weighted by Gasteiger charge is 2.13. The third-order valence-electron chi connectivity index (χ3n) is 3.31. The maximum atomic E-state index is 5.96. The number of rotatable bonds is 6. The molecule has 0 aliphatic heterocycles. The van der Waals surface area contributed by atoms with E-state index in [0.29, 0.717) is 5.92 Å². The molecule has 102 valence electrons. The van der Waals surface area contributed by atoms with Gasteiger partial charge in [-0.15, -0.1) is 11.3 Å². The molecule has 1 nitrogen and oxygen atoms in total. The summed E-state index contributed by atoms with van der Waals surface area (Å²) in [6.45, 7) is 3.20. The molecule has 0 fully saturated rings. The van der Waals surface area contributed by atoms with Crippen LogP contribution in [0.25, 0.3) is 0 Å². The molecule has 2 aromatic rings. The minimum atomic E-state index is 0.505. The lowest BCUT2D eigenvalue weighted by molar-refractivity contribution is 0.630. The van der Waals surface area contributed by atoms with E-state index in [0.717, 1.165) is 24.4 Å². The van der Waals surface area contributed by atoms with Crippen LogP contribution in [0.5, 0.6) is 0 Å². The zero-order valence-corrected chi connectivity index (χ0v) is 13.0. The molecule has 1 aromatic heterocycles. The second-order valence-corrected chi connectivity index (χ2v) is 6.42. The van der Waals surface area contributed by atoms with Crippen molar-refractivity contribution in [3.8, 4) is 0 Å². The zero-order chi connectivity index (χ0) is 13.7. The Morgan fingerprint density at radius 1 is 1.11 bits per heavy atom. The van der Waals surface area contributed by atoms with Crippen LogP contribution in [0, 0.1) is 0 Å². The van der Waals surface area contributed by atoms with Crippen molar-refractivity contribution in [2.45, 2.75) is 25.7 Å². The van der Waals surface area contributed by atoms with Crippen LogP contribution in [0.3, 0.4) is 0 Å². The number of benzene rings is 1. The molecule has 0 radical (unpaired) electrons. The molecule has 0 spiro atoms. The van der Waals surface area contributed by atoms with Crippen molar-refractivity contribution in [1.29, 1.82) is 0 Å². The molecule has 0 bridgehead atoms. The first-order valence-electron chi connectivity index (χ1n) is 6.70. The van der Waals surface area contributed by atoms with E-state index in [1.54, 1.807) is 0 Å². The SMILES string of the molecule is CCc1ccc(CC(CNC)c2ccc(Cl)cc2)s1. The average Bonchev–Trinajstić information content (AvgIpc) is 2.87. The van der Waals surface area contributed by atoms with Gasteiger partial charge in [0.15, 0.2) is 0 Å². The van der Waals surface area contributed by atoms with Crippen molar-refractivity contribution in [3.05, 3.63) is 56.7 Å². The highest BCUT2D eigenvalue weighted by molar-refractivity contribution is 7.11. The van der Waals surface area contributed by atoms with Gasteiger partial charge in [-0.3, -0.25) is 0 Å². The van der Waals surface area contributed by atoms with Crippen LogP contribution in [-0.2, 0) is 12.8 Å². The van der Waals surface area contributed by atoms with E-state index in [-0.39, 0.29) is 0 Å². The van der Waals surface area contributed by atoms with E-state index in [2.05, 4.69) is 36.5 Å². The number of likely N-dealkylation sites (N-methyl/N-ethyl adjacent to an activating group) is 1. The molecule has 2 rings (SSSR count). The maximum Gasteiger partial charge on any atom is 0.0406 e. The lowest BCUT2D eigenvalue weighted by Crippen LogP contribution is -2.18. The molecule has 1 N–H and O–H groups in total. The first kappa shape index (κ1) is 14.6. The highest BCUT2D eigenvalue weighted by Crippen LogP contribution is 2.26. The maximum absolute atomic E-state index is 5.96. The lowest BCUT2D eigenvalue weighted by Gasteiger charge is -2.16. The first-order chi connectivity index (χ1) is 9.22. The summed E-state index contributed by atoms with van der Waals surface area (Å²) >= 11 is 7.89. The fraction of sp³-hybridized carbons (Fsp3) is 0.375. The summed E-state index contributed by atoms with van der Waals surface area (Å²) in [5, 5.41) is 4.10. The molecule has 1 heterocycles. The second kappa shape index (κ2) is 7.09. The summed E-state index contributed by atoms with van der Waals surface area (Å²) < 4.78 is 0. The minimum Gasteiger partial charge on any atom is -0.319 e. The Bertz CT molecular complexity index is 504. The van der Waals surface area contributed by atoms with Gasteiger partial charge in [0.1, 0.15) is 0 Å². The number of hydrogen-bond donors (Lipinski definition) is 1. The standard InChI is InChI=1S/C16H20ClNS/c1-3-15-8-9-16(19-15)10-13(11-18-2)12-4-6-14(17)7-5-12/h4-9,13,18H,3,10-11H2,1-2H3. The lowest BCUT2D eigenvalue weighted by atomic mass is 9.95. The Hall–Kier alpha value is -0.830. The molecule has 1 unspecified atom stereocenters. The summed E-state index contributed by atoms with van der Waals surface area (Å²) in [6, 6.07) is 12.7. The molecular weight excluding hydrogens is 274 g/mol. The van der Waals surface area contributed by atoms with Crippen LogP contribution in [0.4, 0.5) is 0 Å². The largest absolute Gasteiger partial charge is 0.319 e. The average molecular weight is 294 g/mol. The fourth-order valence-corrected chi connectivity index (χ4v) is 3.42. The van der Waals surface area contributed by atoms with Gasteiger partial charge < -0.3 is 5.32 Å². The van der Waals surface area contributed by atoms with Crippen LogP contribution < -0.4 is 5.32 Å². The second-order valence-electron chi connectivity index (χ2n) is 4.73. The van der Waals surface area contributed by atoms with Crippen molar-refractivity contribution >= 4 is 22.9 Å². The van der Waals surface area contributed by atoms with Crippen molar-refractivity contribution in [3.63, 3.8) is 0 Å². The van der Waals surface area contributed by atoms with E-state index >= 15 is 0 Å². The quantitative estimate of drug-likeness (QED) is 0.826. The minimum absolute atomic E-state index is 0.505. The van der Waals surface area contributed by atoms with Crippen molar-refractivity contribution in [2.75, 3.05) is 13.6 Å². The van der Waals surface area contributed by atoms with Gasteiger partial charge in [0.25, 0.3) is 0 Å². The number of aryl methyl sites for hydroxylation is 1. The molecule has 0 amide bonds. The van der Waals surface area contributed by atoms with E-state index < -0.39 is 0 Å². The van der Waals surface area contributed by atoms with Crippen LogP contribution in [0.15, 0.2) is 36.4 Å². The molecule has 0 aliphatic rings. The van der Waals surface area contributed by atoms with Gasteiger partial charge in [0.2, 0.25) is 0 Å². The Labute approximate surface area is 124 Å². The number of hydrogen-bond acceptors (Lipinski definition) is 2. The summed E-state index contributed by atoms with van der Waals surface area (Å²) in [7, 11) is 2.01. The molecule has 0 saturated carbocycles. The van der Waals surface area contributed by atoms with E-state index in [1.165, 1.54) is 15.3 Å². The van der Waals surface area contributed by atoms with Gasteiger partial charge >= 0.3 is 0 Å². The Morgan fingerprint density at radius 3 is 2.37 bits per heavy atom. The van der Waals surface area contributed by atoms with Crippen LogP contribution >= 0.6 is 22.9 Å². The van der Waals surface area contributed by atoms with Crippen LogP contribution in [-0.4, -0.2) is 13.6 Å².